The summed E-state index contributed by atoms with van der Waals surface area (Å²) in [5.41, 5.74) is 7.85. The molecule has 0 radical (unpaired) electrons. The summed E-state index contributed by atoms with van der Waals surface area (Å²) >= 11 is 5.98. The molecule has 2 nitrogen and oxygen atoms in total. The SMILES string of the molecule is Cl.NCc1cc(Cl)cc(-c2ccccc2)c1O. The van der Waals surface area contributed by atoms with Crippen LogP contribution in [0.25, 0.3) is 11.1 Å². The maximum absolute atomic E-state index is 10.0. The lowest BCUT2D eigenvalue weighted by Gasteiger charge is -2.09. The summed E-state index contributed by atoms with van der Waals surface area (Å²) in [6, 6.07) is 13.0. The molecule has 0 heterocycles. The van der Waals surface area contributed by atoms with Crippen molar-refractivity contribution in [3.8, 4) is 16.9 Å². The van der Waals surface area contributed by atoms with Gasteiger partial charge in [-0.3, -0.25) is 0 Å². The molecule has 0 aromatic heterocycles. The quantitative estimate of drug-likeness (QED) is 0.875. The van der Waals surface area contributed by atoms with Crippen LogP contribution in [0, 0.1) is 0 Å². The van der Waals surface area contributed by atoms with E-state index in [4.69, 9.17) is 17.3 Å². The van der Waals surface area contributed by atoms with Gasteiger partial charge in [0.15, 0.2) is 0 Å². The van der Waals surface area contributed by atoms with Crippen LogP contribution in [-0.4, -0.2) is 5.11 Å². The minimum Gasteiger partial charge on any atom is -0.507 e. The highest BCUT2D eigenvalue weighted by Crippen LogP contribution is 2.34. The largest absolute Gasteiger partial charge is 0.507 e. The van der Waals surface area contributed by atoms with Gasteiger partial charge in [-0.05, 0) is 17.7 Å². The van der Waals surface area contributed by atoms with Crippen molar-refractivity contribution >= 4 is 24.0 Å². The Balaban J connectivity index is 0.00000144. The molecule has 2 rings (SSSR count). The van der Waals surface area contributed by atoms with Gasteiger partial charge in [0, 0.05) is 22.7 Å². The van der Waals surface area contributed by atoms with Crippen LogP contribution in [0.2, 0.25) is 5.02 Å². The first-order valence-electron chi connectivity index (χ1n) is 4.99. The van der Waals surface area contributed by atoms with Gasteiger partial charge < -0.3 is 10.8 Å². The lowest BCUT2D eigenvalue weighted by Crippen LogP contribution is -1.97. The molecular formula is C13H13Cl2NO. The second kappa shape index (κ2) is 5.92. The first-order valence-corrected chi connectivity index (χ1v) is 5.37. The van der Waals surface area contributed by atoms with Crippen LogP contribution in [0.15, 0.2) is 42.5 Å². The fourth-order valence-corrected chi connectivity index (χ4v) is 1.89. The van der Waals surface area contributed by atoms with E-state index in [2.05, 4.69) is 0 Å². The van der Waals surface area contributed by atoms with Crippen molar-refractivity contribution in [2.45, 2.75) is 6.54 Å². The van der Waals surface area contributed by atoms with Crippen LogP contribution in [0.3, 0.4) is 0 Å². The van der Waals surface area contributed by atoms with Gasteiger partial charge >= 0.3 is 0 Å². The zero-order valence-corrected chi connectivity index (χ0v) is 10.6. The monoisotopic (exact) mass is 269 g/mol. The molecule has 0 amide bonds. The predicted molar refractivity (Wildman–Crippen MR) is 73.7 cm³/mol. The van der Waals surface area contributed by atoms with E-state index in [1.165, 1.54) is 0 Å². The third-order valence-corrected chi connectivity index (χ3v) is 2.68. The number of hydrogen-bond acceptors (Lipinski definition) is 2. The number of aromatic hydroxyl groups is 1. The fourth-order valence-electron chi connectivity index (χ4n) is 1.65. The molecule has 0 aliphatic rings. The number of phenolic OH excluding ortho intramolecular Hbond substituents is 1. The summed E-state index contributed by atoms with van der Waals surface area (Å²) in [7, 11) is 0. The lowest BCUT2D eigenvalue weighted by molar-refractivity contribution is 0.470. The second-order valence-electron chi connectivity index (χ2n) is 3.53. The third kappa shape index (κ3) is 2.91. The molecule has 0 saturated carbocycles. The molecule has 17 heavy (non-hydrogen) atoms. The molecule has 2 aromatic rings. The second-order valence-corrected chi connectivity index (χ2v) is 3.97. The predicted octanol–water partition coefficient (Wildman–Crippen LogP) is 3.59. The summed E-state index contributed by atoms with van der Waals surface area (Å²) in [6.07, 6.45) is 0. The van der Waals surface area contributed by atoms with E-state index in [0.29, 0.717) is 16.1 Å². The molecule has 0 saturated heterocycles. The van der Waals surface area contributed by atoms with Crippen LogP contribution < -0.4 is 5.73 Å². The summed E-state index contributed by atoms with van der Waals surface area (Å²) in [5, 5.41) is 10.6. The standard InChI is InChI=1S/C13H12ClNO.ClH/c14-11-6-10(8-15)13(16)12(7-11)9-4-2-1-3-5-9;/h1-7,16H,8,15H2;1H. The van der Waals surface area contributed by atoms with E-state index >= 15 is 0 Å². The van der Waals surface area contributed by atoms with Gasteiger partial charge in [-0.15, -0.1) is 12.4 Å². The number of rotatable bonds is 2. The number of hydrogen-bond donors (Lipinski definition) is 2. The van der Waals surface area contributed by atoms with Gasteiger partial charge in [0.2, 0.25) is 0 Å². The molecule has 0 unspecified atom stereocenters. The summed E-state index contributed by atoms with van der Waals surface area (Å²) in [5.74, 6) is 0.207. The fraction of sp³-hybridized carbons (Fsp3) is 0.0769. The maximum Gasteiger partial charge on any atom is 0.127 e. The Bertz CT molecular complexity index is 500. The van der Waals surface area contributed by atoms with Crippen molar-refractivity contribution < 1.29 is 5.11 Å². The van der Waals surface area contributed by atoms with Gasteiger partial charge in [0.05, 0.1) is 0 Å². The van der Waals surface area contributed by atoms with Crippen molar-refractivity contribution in [1.29, 1.82) is 0 Å². The van der Waals surface area contributed by atoms with Gasteiger partial charge in [0.25, 0.3) is 0 Å². The molecule has 0 aliphatic carbocycles. The van der Waals surface area contributed by atoms with Crippen molar-refractivity contribution in [1.82, 2.24) is 0 Å². The molecule has 0 aliphatic heterocycles. The minimum absolute atomic E-state index is 0. The van der Waals surface area contributed by atoms with E-state index in [0.717, 1.165) is 5.56 Å². The van der Waals surface area contributed by atoms with E-state index in [9.17, 15) is 5.11 Å². The number of phenols is 1. The molecule has 3 N–H and O–H groups in total. The van der Waals surface area contributed by atoms with Gasteiger partial charge in [0.1, 0.15) is 5.75 Å². The van der Waals surface area contributed by atoms with Gasteiger partial charge in [-0.2, -0.15) is 0 Å². The lowest BCUT2D eigenvalue weighted by atomic mass is 10.0. The Morgan fingerprint density at radius 2 is 1.76 bits per heavy atom. The Hall–Kier alpha value is -1.22. The van der Waals surface area contributed by atoms with Crippen molar-refractivity contribution in [2.24, 2.45) is 5.73 Å². The number of benzene rings is 2. The van der Waals surface area contributed by atoms with Crippen LogP contribution in [0.1, 0.15) is 5.56 Å². The number of halogens is 2. The summed E-state index contributed by atoms with van der Waals surface area (Å²) in [6.45, 7) is 0.270. The third-order valence-electron chi connectivity index (χ3n) is 2.46. The summed E-state index contributed by atoms with van der Waals surface area (Å²) in [4.78, 5) is 0. The van der Waals surface area contributed by atoms with Crippen LogP contribution in [0.4, 0.5) is 0 Å². The Morgan fingerprint density at radius 3 is 2.35 bits per heavy atom. The highest BCUT2D eigenvalue weighted by atomic mass is 35.5. The number of nitrogens with two attached hydrogens (primary N) is 1. The average Bonchev–Trinajstić information content (AvgIpc) is 2.33. The van der Waals surface area contributed by atoms with Crippen LogP contribution >= 0.6 is 24.0 Å². The minimum atomic E-state index is 0. The van der Waals surface area contributed by atoms with Crippen LogP contribution in [-0.2, 0) is 6.54 Å². The molecule has 2 aromatic carbocycles. The highest BCUT2D eigenvalue weighted by molar-refractivity contribution is 6.31. The molecule has 0 fully saturated rings. The Kier molecular flexibility index (Phi) is 4.82. The van der Waals surface area contributed by atoms with Crippen molar-refractivity contribution in [2.75, 3.05) is 0 Å². The molecule has 90 valence electrons. The van der Waals surface area contributed by atoms with Crippen molar-refractivity contribution in [3.05, 3.63) is 53.1 Å². The highest BCUT2D eigenvalue weighted by Gasteiger charge is 2.09. The van der Waals surface area contributed by atoms with E-state index < -0.39 is 0 Å². The molecule has 0 atom stereocenters. The van der Waals surface area contributed by atoms with E-state index in [1.807, 2.05) is 30.3 Å². The average molecular weight is 270 g/mol. The van der Waals surface area contributed by atoms with Gasteiger partial charge in [-0.1, -0.05) is 41.9 Å². The topological polar surface area (TPSA) is 46.2 Å². The van der Waals surface area contributed by atoms with Gasteiger partial charge in [-0.25, -0.2) is 0 Å². The molecular weight excluding hydrogens is 257 g/mol. The first-order chi connectivity index (χ1) is 7.72. The first kappa shape index (κ1) is 13.8. The molecule has 0 spiro atoms. The van der Waals surface area contributed by atoms with E-state index in [-0.39, 0.29) is 24.7 Å². The Labute approximate surface area is 111 Å². The summed E-state index contributed by atoms with van der Waals surface area (Å²) < 4.78 is 0. The molecule has 0 bridgehead atoms. The van der Waals surface area contributed by atoms with Crippen LogP contribution in [0.5, 0.6) is 5.75 Å². The van der Waals surface area contributed by atoms with E-state index in [1.54, 1.807) is 12.1 Å². The zero-order valence-electron chi connectivity index (χ0n) is 9.06. The maximum atomic E-state index is 10.0. The molecule has 4 heteroatoms. The normalized spacial score (nSPS) is 9.76. The van der Waals surface area contributed by atoms with Crippen molar-refractivity contribution in [3.63, 3.8) is 0 Å². The Morgan fingerprint density at radius 1 is 1.12 bits per heavy atom. The smallest absolute Gasteiger partial charge is 0.127 e. The zero-order chi connectivity index (χ0) is 11.5.